The monoisotopic (exact) mass is 448 g/mol. The molecule has 0 aromatic heterocycles. The van der Waals surface area contributed by atoms with E-state index in [9.17, 15) is 19.5 Å². The number of ether oxygens (including phenoxy) is 3. The molecule has 32 heavy (non-hydrogen) atoms. The third-order valence-corrected chi connectivity index (χ3v) is 9.02. The third-order valence-electron chi connectivity index (χ3n) is 9.02. The van der Waals surface area contributed by atoms with E-state index in [1.165, 1.54) is 20.8 Å². The molecule has 3 fully saturated rings. The summed E-state index contributed by atoms with van der Waals surface area (Å²) >= 11 is 0. The molecule has 0 amide bonds. The fourth-order valence-corrected chi connectivity index (χ4v) is 7.69. The summed E-state index contributed by atoms with van der Waals surface area (Å²) in [5.74, 6) is -0.597. The largest absolute Gasteiger partial charge is 0.462 e. The molecule has 9 atom stereocenters. The van der Waals surface area contributed by atoms with Crippen LogP contribution in [0.4, 0.5) is 0 Å². The van der Waals surface area contributed by atoms with Crippen molar-refractivity contribution in [2.45, 2.75) is 97.6 Å². The molecule has 3 saturated carbocycles. The molecule has 0 aliphatic heterocycles. The normalized spacial score (nSPS) is 44.9. The Labute approximate surface area is 189 Å². The second kappa shape index (κ2) is 8.15. The maximum Gasteiger partial charge on any atom is 0.302 e. The van der Waals surface area contributed by atoms with Crippen LogP contribution in [0, 0.1) is 28.6 Å². The van der Waals surface area contributed by atoms with Gasteiger partial charge in [0.05, 0.1) is 6.10 Å². The van der Waals surface area contributed by atoms with Crippen LogP contribution in [0.15, 0.2) is 11.6 Å². The van der Waals surface area contributed by atoms with Gasteiger partial charge in [0, 0.05) is 44.4 Å². The van der Waals surface area contributed by atoms with Crippen molar-refractivity contribution in [3.05, 3.63) is 11.6 Å². The summed E-state index contributed by atoms with van der Waals surface area (Å²) in [7, 11) is 0. The Morgan fingerprint density at radius 2 is 1.53 bits per heavy atom. The summed E-state index contributed by atoms with van der Waals surface area (Å²) in [6.07, 6.45) is 4.87. The number of aliphatic hydroxyl groups excluding tert-OH is 1. The van der Waals surface area contributed by atoms with Crippen LogP contribution in [-0.4, -0.2) is 47.4 Å². The number of aliphatic hydroxyl groups is 1. The molecule has 4 aliphatic rings. The van der Waals surface area contributed by atoms with Gasteiger partial charge in [-0.3, -0.25) is 14.4 Å². The van der Waals surface area contributed by atoms with Gasteiger partial charge < -0.3 is 19.3 Å². The number of esters is 3. The first kappa shape index (κ1) is 23.3. The molecular weight excluding hydrogens is 412 g/mol. The number of carbonyl (C=O) groups is 3. The topological polar surface area (TPSA) is 99.1 Å². The van der Waals surface area contributed by atoms with Gasteiger partial charge in [0.1, 0.15) is 18.3 Å². The van der Waals surface area contributed by atoms with E-state index >= 15 is 0 Å². The Morgan fingerprint density at radius 1 is 0.906 bits per heavy atom. The quantitative estimate of drug-likeness (QED) is 0.402. The highest BCUT2D eigenvalue weighted by Crippen LogP contribution is 2.65. The van der Waals surface area contributed by atoms with E-state index in [0.717, 1.165) is 31.3 Å². The molecule has 1 N–H and O–H groups in total. The second-order valence-electron chi connectivity index (χ2n) is 10.7. The van der Waals surface area contributed by atoms with Gasteiger partial charge in [-0.2, -0.15) is 0 Å². The van der Waals surface area contributed by atoms with Crippen molar-refractivity contribution in [3.8, 4) is 0 Å². The zero-order valence-corrected chi connectivity index (χ0v) is 19.8. The number of carbonyl (C=O) groups excluding carboxylic acids is 3. The SMILES string of the molecule is CC(=O)O[C@@H]1CC2=C[C@H](O)[C@H]3[C@@H]4CC[C@H](OC(C)=O)[C@@]4(C)CC[C@@H]3[C@@]2(C)[C@@H](OC(C)=O)C1. The molecule has 0 spiro atoms. The summed E-state index contributed by atoms with van der Waals surface area (Å²) in [5, 5.41) is 11.3. The maximum absolute atomic E-state index is 12.0. The Balaban J connectivity index is 1.70. The first-order chi connectivity index (χ1) is 15.0. The Bertz CT molecular complexity index is 834. The molecule has 4 aliphatic carbocycles. The lowest BCUT2D eigenvalue weighted by Crippen LogP contribution is -2.60. The summed E-state index contributed by atoms with van der Waals surface area (Å²) in [6.45, 7) is 8.61. The summed E-state index contributed by atoms with van der Waals surface area (Å²) in [5.41, 5.74) is 0.433. The number of fused-ring (bicyclic) bond motifs is 5. The minimum absolute atomic E-state index is 0.00592. The molecule has 7 nitrogen and oxygen atoms in total. The predicted octanol–water partition coefficient (Wildman–Crippen LogP) is 3.33. The van der Waals surface area contributed by atoms with Crippen LogP contribution in [0.3, 0.4) is 0 Å². The molecule has 0 saturated heterocycles. The molecule has 0 radical (unpaired) electrons. The highest BCUT2D eigenvalue weighted by Gasteiger charge is 2.64. The first-order valence-electron chi connectivity index (χ1n) is 11.9. The van der Waals surface area contributed by atoms with Crippen molar-refractivity contribution in [2.75, 3.05) is 0 Å². The third kappa shape index (κ3) is 3.66. The van der Waals surface area contributed by atoms with Gasteiger partial charge >= 0.3 is 17.9 Å². The lowest BCUT2D eigenvalue weighted by atomic mass is 9.46. The fourth-order valence-electron chi connectivity index (χ4n) is 7.69. The fraction of sp³-hybridized carbons (Fsp3) is 0.800. The van der Waals surface area contributed by atoms with Crippen LogP contribution in [0.5, 0.6) is 0 Å². The highest BCUT2D eigenvalue weighted by molar-refractivity contribution is 5.67. The minimum atomic E-state index is -0.627. The van der Waals surface area contributed by atoms with Crippen LogP contribution in [0.25, 0.3) is 0 Å². The average Bonchev–Trinajstić information content (AvgIpc) is 2.99. The van der Waals surface area contributed by atoms with Crippen molar-refractivity contribution < 1.29 is 33.7 Å². The van der Waals surface area contributed by atoms with Gasteiger partial charge in [0.15, 0.2) is 0 Å². The number of hydrogen-bond acceptors (Lipinski definition) is 7. The van der Waals surface area contributed by atoms with Crippen LogP contribution in [-0.2, 0) is 28.6 Å². The van der Waals surface area contributed by atoms with Gasteiger partial charge in [-0.1, -0.05) is 25.5 Å². The van der Waals surface area contributed by atoms with Crippen molar-refractivity contribution in [1.29, 1.82) is 0 Å². The van der Waals surface area contributed by atoms with Crippen molar-refractivity contribution in [2.24, 2.45) is 28.6 Å². The molecular formula is C25H36O7. The zero-order chi connectivity index (χ0) is 23.4. The Hall–Kier alpha value is -1.89. The summed E-state index contributed by atoms with van der Waals surface area (Å²) in [6, 6.07) is 0. The van der Waals surface area contributed by atoms with E-state index < -0.39 is 17.6 Å². The molecule has 0 bridgehead atoms. The minimum Gasteiger partial charge on any atom is -0.462 e. The van der Waals surface area contributed by atoms with E-state index in [4.69, 9.17) is 14.2 Å². The average molecular weight is 449 g/mol. The predicted molar refractivity (Wildman–Crippen MR) is 115 cm³/mol. The van der Waals surface area contributed by atoms with Crippen LogP contribution in [0.1, 0.15) is 73.1 Å². The number of hydrogen-bond donors (Lipinski definition) is 1. The Morgan fingerprint density at radius 3 is 2.16 bits per heavy atom. The molecule has 178 valence electrons. The van der Waals surface area contributed by atoms with Gasteiger partial charge in [0.2, 0.25) is 0 Å². The van der Waals surface area contributed by atoms with E-state index in [2.05, 4.69) is 13.8 Å². The van der Waals surface area contributed by atoms with E-state index in [0.29, 0.717) is 12.8 Å². The van der Waals surface area contributed by atoms with Gasteiger partial charge in [-0.05, 0) is 43.4 Å². The molecule has 0 aromatic carbocycles. The van der Waals surface area contributed by atoms with E-state index in [-0.39, 0.29) is 53.3 Å². The molecule has 4 rings (SSSR count). The lowest BCUT2D eigenvalue weighted by Gasteiger charge is -2.60. The van der Waals surface area contributed by atoms with Crippen LogP contribution in [0.2, 0.25) is 0 Å². The first-order valence-corrected chi connectivity index (χ1v) is 11.9. The zero-order valence-electron chi connectivity index (χ0n) is 19.8. The van der Waals surface area contributed by atoms with Gasteiger partial charge in [0.25, 0.3) is 0 Å². The van der Waals surface area contributed by atoms with Crippen LogP contribution < -0.4 is 0 Å². The second-order valence-corrected chi connectivity index (χ2v) is 10.7. The smallest absolute Gasteiger partial charge is 0.302 e. The molecule has 7 heteroatoms. The van der Waals surface area contributed by atoms with Gasteiger partial charge in [-0.15, -0.1) is 0 Å². The lowest BCUT2D eigenvalue weighted by molar-refractivity contribution is -0.179. The van der Waals surface area contributed by atoms with Crippen molar-refractivity contribution >= 4 is 17.9 Å². The van der Waals surface area contributed by atoms with E-state index in [1.807, 2.05) is 6.08 Å². The molecule has 0 unspecified atom stereocenters. The van der Waals surface area contributed by atoms with Crippen LogP contribution >= 0.6 is 0 Å². The summed E-state index contributed by atoms with van der Waals surface area (Å²) < 4.78 is 17.1. The van der Waals surface area contributed by atoms with Crippen molar-refractivity contribution in [1.82, 2.24) is 0 Å². The molecule has 0 aromatic rings. The van der Waals surface area contributed by atoms with Crippen molar-refractivity contribution in [3.63, 3.8) is 0 Å². The number of rotatable bonds is 3. The molecule has 0 heterocycles. The maximum atomic E-state index is 12.0. The van der Waals surface area contributed by atoms with E-state index in [1.54, 1.807) is 0 Å². The Kier molecular flexibility index (Phi) is 5.93. The summed E-state index contributed by atoms with van der Waals surface area (Å²) in [4.78, 5) is 35.3. The standard InChI is InChI=1S/C25H36O7/c1-13(26)30-17-10-16-11-20(29)23-18-6-7-21(31-14(2)27)24(18,4)9-8-19(23)25(16,5)22(12-17)32-15(3)28/h11,17-23,29H,6-10,12H2,1-5H3/t17-,18+,19+,20+,21+,22+,23+,24+,25+/m1/s1. The van der Waals surface area contributed by atoms with Gasteiger partial charge in [-0.25, -0.2) is 0 Å². The highest BCUT2D eigenvalue weighted by atomic mass is 16.6.